The molecule has 12 heavy (non-hydrogen) atoms. The van der Waals surface area contributed by atoms with Gasteiger partial charge in [0.2, 0.25) is 0 Å². The van der Waals surface area contributed by atoms with Gasteiger partial charge in [-0.25, -0.2) is 19.3 Å². The van der Waals surface area contributed by atoms with Gasteiger partial charge in [-0.15, -0.1) is 0 Å². The minimum Gasteiger partial charge on any atom is -0.246 e. The monoisotopic (exact) mass is 164 g/mol. The van der Waals surface area contributed by atoms with E-state index in [0.29, 0.717) is 5.65 Å². The van der Waals surface area contributed by atoms with Gasteiger partial charge in [0.05, 0.1) is 0 Å². The van der Waals surface area contributed by atoms with Gasteiger partial charge in [0.25, 0.3) is 0 Å². The molecule has 5 heteroatoms. The van der Waals surface area contributed by atoms with Gasteiger partial charge in [-0.2, -0.15) is 5.10 Å². The maximum atomic E-state index is 11.0. The molecule has 0 fully saturated rings. The Balaban J connectivity index is 2.77. The zero-order valence-electron chi connectivity index (χ0n) is 6.61. The van der Waals surface area contributed by atoms with E-state index in [-0.39, 0.29) is 5.69 Å². The summed E-state index contributed by atoms with van der Waals surface area (Å²) in [6.07, 6.45) is 2.33. The van der Waals surface area contributed by atoms with E-state index in [9.17, 15) is 4.79 Å². The molecular weight excluding hydrogens is 156 g/mol. The lowest BCUT2D eigenvalue weighted by Crippen LogP contribution is -2.09. The molecule has 0 amide bonds. The maximum Gasteiger partial charge on any atom is 0.348 e. The number of hydrogen-bond acceptors (Lipinski definition) is 3. The summed E-state index contributed by atoms with van der Waals surface area (Å²) in [5.74, 6) is 0. The van der Waals surface area contributed by atoms with Crippen LogP contribution < -0.4 is 5.69 Å². The van der Waals surface area contributed by atoms with Crippen molar-refractivity contribution < 1.29 is 0 Å². The van der Waals surface area contributed by atoms with Crippen molar-refractivity contribution in [3.8, 4) is 0 Å². The van der Waals surface area contributed by atoms with E-state index in [1.54, 1.807) is 6.07 Å². The Hall–Kier alpha value is -1.65. The summed E-state index contributed by atoms with van der Waals surface area (Å²) in [5.41, 5.74) is 1.30. The first-order chi connectivity index (χ1) is 5.81. The minimum atomic E-state index is -0.250. The highest BCUT2D eigenvalue weighted by Crippen LogP contribution is 1.98. The second-order valence-electron chi connectivity index (χ2n) is 2.49. The molecule has 62 valence electrons. The Bertz CT molecular complexity index is 456. The van der Waals surface area contributed by atoms with Gasteiger partial charge in [0.1, 0.15) is 6.33 Å². The summed E-state index contributed by atoms with van der Waals surface area (Å²) < 4.78 is 1.37. The van der Waals surface area contributed by atoms with Gasteiger partial charge < -0.3 is 0 Å². The van der Waals surface area contributed by atoms with Crippen LogP contribution in [0.15, 0.2) is 17.2 Å². The minimum absolute atomic E-state index is 0.250. The lowest BCUT2D eigenvalue weighted by Gasteiger charge is -1.93. The molecule has 2 aromatic heterocycles. The van der Waals surface area contributed by atoms with E-state index in [1.807, 2.05) is 6.92 Å². The van der Waals surface area contributed by atoms with Crippen LogP contribution >= 0.6 is 0 Å². The molecule has 0 atom stereocenters. The fourth-order valence-electron chi connectivity index (χ4n) is 1.04. The van der Waals surface area contributed by atoms with Crippen LogP contribution in [0.2, 0.25) is 0 Å². The molecule has 0 saturated heterocycles. The van der Waals surface area contributed by atoms with E-state index in [2.05, 4.69) is 15.2 Å². The van der Waals surface area contributed by atoms with Crippen LogP contribution in [0.3, 0.4) is 0 Å². The number of aromatic nitrogens is 4. The first-order valence-corrected chi connectivity index (χ1v) is 3.73. The average Bonchev–Trinajstić information content (AvgIpc) is 2.47. The maximum absolute atomic E-state index is 11.0. The van der Waals surface area contributed by atoms with Crippen LogP contribution in [0.25, 0.3) is 5.65 Å². The third-order valence-corrected chi connectivity index (χ3v) is 1.73. The standard InChI is InChI=1S/C7H8N4O/c1-2-5-3-6-9-10-7(12)11(6)4-8-5/h3-4H,2H2,1H3,(H,10,12). The zero-order chi connectivity index (χ0) is 8.55. The number of nitrogens with one attached hydrogen (secondary N) is 1. The molecule has 0 radical (unpaired) electrons. The van der Waals surface area contributed by atoms with Crippen molar-refractivity contribution in [3.05, 3.63) is 28.6 Å². The highest BCUT2D eigenvalue weighted by atomic mass is 16.1. The summed E-state index contributed by atoms with van der Waals surface area (Å²) in [4.78, 5) is 15.0. The van der Waals surface area contributed by atoms with Gasteiger partial charge in [-0.1, -0.05) is 6.92 Å². The van der Waals surface area contributed by atoms with Gasteiger partial charge in [-0.3, -0.25) is 0 Å². The summed E-state index contributed by atoms with van der Waals surface area (Å²) >= 11 is 0. The molecule has 2 heterocycles. The first-order valence-electron chi connectivity index (χ1n) is 3.73. The van der Waals surface area contributed by atoms with Crippen molar-refractivity contribution in [1.29, 1.82) is 0 Å². The Morgan fingerprint density at radius 2 is 2.50 bits per heavy atom. The van der Waals surface area contributed by atoms with Crippen molar-refractivity contribution in [2.45, 2.75) is 13.3 Å². The molecule has 0 aliphatic heterocycles. The normalized spacial score (nSPS) is 10.8. The molecule has 1 N–H and O–H groups in total. The highest BCUT2D eigenvalue weighted by molar-refractivity contribution is 5.36. The number of rotatable bonds is 1. The average molecular weight is 164 g/mol. The molecule has 2 rings (SSSR count). The van der Waals surface area contributed by atoms with E-state index in [0.717, 1.165) is 12.1 Å². The van der Waals surface area contributed by atoms with Crippen molar-refractivity contribution in [3.63, 3.8) is 0 Å². The summed E-state index contributed by atoms with van der Waals surface area (Å²) in [5, 5.41) is 6.16. The molecule has 0 unspecified atom stereocenters. The quantitative estimate of drug-likeness (QED) is 0.644. The predicted molar refractivity (Wildman–Crippen MR) is 43.0 cm³/mol. The summed E-state index contributed by atoms with van der Waals surface area (Å²) in [6.45, 7) is 2.00. The molecule has 0 aliphatic rings. The Morgan fingerprint density at radius 1 is 1.67 bits per heavy atom. The van der Waals surface area contributed by atoms with Crippen LogP contribution in [0, 0.1) is 0 Å². The van der Waals surface area contributed by atoms with Crippen molar-refractivity contribution >= 4 is 5.65 Å². The molecular formula is C7H8N4O. The predicted octanol–water partition coefficient (Wildman–Crippen LogP) is -0.0200. The van der Waals surface area contributed by atoms with Crippen LogP contribution in [0.4, 0.5) is 0 Å². The van der Waals surface area contributed by atoms with E-state index in [1.165, 1.54) is 10.7 Å². The van der Waals surface area contributed by atoms with Gasteiger partial charge in [-0.05, 0) is 6.42 Å². The third-order valence-electron chi connectivity index (χ3n) is 1.73. The smallest absolute Gasteiger partial charge is 0.246 e. The van der Waals surface area contributed by atoms with E-state index in [4.69, 9.17) is 0 Å². The zero-order valence-corrected chi connectivity index (χ0v) is 6.61. The molecule has 5 nitrogen and oxygen atoms in total. The van der Waals surface area contributed by atoms with Crippen LogP contribution in [-0.2, 0) is 6.42 Å². The largest absolute Gasteiger partial charge is 0.348 e. The molecule has 2 aromatic rings. The number of fused-ring (bicyclic) bond motifs is 1. The van der Waals surface area contributed by atoms with Crippen LogP contribution in [0.5, 0.6) is 0 Å². The molecule has 0 aliphatic carbocycles. The van der Waals surface area contributed by atoms with Gasteiger partial charge in [0, 0.05) is 11.8 Å². The lowest BCUT2D eigenvalue weighted by atomic mass is 10.3. The number of H-pyrrole nitrogens is 1. The first kappa shape index (κ1) is 7.02. The third kappa shape index (κ3) is 0.903. The Labute approximate surface area is 68.1 Å². The molecule has 0 spiro atoms. The molecule has 0 bridgehead atoms. The van der Waals surface area contributed by atoms with Gasteiger partial charge in [0.15, 0.2) is 5.65 Å². The molecule has 0 saturated carbocycles. The van der Waals surface area contributed by atoms with Crippen LogP contribution in [-0.4, -0.2) is 19.6 Å². The summed E-state index contributed by atoms with van der Waals surface area (Å²) in [7, 11) is 0. The number of nitrogens with zero attached hydrogens (tertiary/aromatic N) is 3. The number of aromatic amines is 1. The topological polar surface area (TPSA) is 63.0 Å². The van der Waals surface area contributed by atoms with Gasteiger partial charge >= 0.3 is 5.69 Å². The molecule has 0 aromatic carbocycles. The lowest BCUT2D eigenvalue weighted by molar-refractivity contribution is 0.951. The number of aryl methyl sites for hydroxylation is 1. The Kier molecular flexibility index (Phi) is 1.43. The van der Waals surface area contributed by atoms with Crippen molar-refractivity contribution in [1.82, 2.24) is 19.6 Å². The van der Waals surface area contributed by atoms with Crippen molar-refractivity contribution in [2.24, 2.45) is 0 Å². The SMILES string of the molecule is CCc1cc2n[nH]c(=O)n2cn1. The fourth-order valence-corrected chi connectivity index (χ4v) is 1.04. The van der Waals surface area contributed by atoms with E-state index < -0.39 is 0 Å². The van der Waals surface area contributed by atoms with Crippen LogP contribution in [0.1, 0.15) is 12.6 Å². The van der Waals surface area contributed by atoms with E-state index >= 15 is 0 Å². The second-order valence-corrected chi connectivity index (χ2v) is 2.49. The fraction of sp³-hybridized carbons (Fsp3) is 0.286. The summed E-state index contributed by atoms with van der Waals surface area (Å²) in [6, 6.07) is 1.79. The van der Waals surface area contributed by atoms with Crippen molar-refractivity contribution in [2.75, 3.05) is 0 Å². The Morgan fingerprint density at radius 3 is 3.25 bits per heavy atom. The number of hydrogen-bond donors (Lipinski definition) is 1. The second kappa shape index (κ2) is 2.44. The highest BCUT2D eigenvalue weighted by Gasteiger charge is 1.99.